The molecule has 0 fully saturated rings. The van der Waals surface area contributed by atoms with E-state index in [-0.39, 0.29) is 11.7 Å². The van der Waals surface area contributed by atoms with Crippen molar-refractivity contribution in [3.05, 3.63) is 65.2 Å². The second kappa shape index (κ2) is 8.39. The molecule has 0 aliphatic carbocycles. The molecule has 2 rings (SSSR count). The number of amides is 1. The van der Waals surface area contributed by atoms with Crippen LogP contribution in [-0.4, -0.2) is 36.1 Å². The van der Waals surface area contributed by atoms with Gasteiger partial charge in [-0.05, 0) is 48.7 Å². The predicted octanol–water partition coefficient (Wildman–Crippen LogP) is 3.21. The number of ether oxygens (including phenoxy) is 1. The third-order valence-electron chi connectivity index (χ3n) is 3.61. The Morgan fingerprint density at radius 3 is 2.65 bits per heavy atom. The van der Waals surface area contributed by atoms with Gasteiger partial charge in [0, 0.05) is 44.8 Å². The second-order valence-electron chi connectivity index (χ2n) is 5.39. The Morgan fingerprint density at radius 1 is 1.26 bits per heavy atom. The van der Waals surface area contributed by atoms with Gasteiger partial charge in [0.25, 0.3) is 5.91 Å². The van der Waals surface area contributed by atoms with Crippen molar-refractivity contribution in [2.24, 2.45) is 0 Å². The largest absolute Gasteiger partial charge is 0.385 e. The number of nitrogens with zero attached hydrogens (tertiary/aromatic N) is 2. The number of aryl methyl sites for hydroxylation is 1. The first-order valence-corrected chi connectivity index (χ1v) is 7.55. The van der Waals surface area contributed by atoms with Crippen LogP contribution in [0.5, 0.6) is 0 Å². The molecule has 0 atom stereocenters. The lowest BCUT2D eigenvalue weighted by atomic mass is 10.1. The zero-order valence-corrected chi connectivity index (χ0v) is 13.5. The molecule has 0 radical (unpaired) electrons. The van der Waals surface area contributed by atoms with Gasteiger partial charge in [0.15, 0.2) is 0 Å². The molecule has 0 unspecified atom stereocenters. The van der Waals surface area contributed by atoms with E-state index in [1.165, 1.54) is 6.07 Å². The van der Waals surface area contributed by atoms with E-state index < -0.39 is 0 Å². The first kappa shape index (κ1) is 17.1. The van der Waals surface area contributed by atoms with Gasteiger partial charge in [-0.25, -0.2) is 4.39 Å². The zero-order chi connectivity index (χ0) is 16.7. The molecule has 1 heterocycles. The molecular weight excluding hydrogens is 295 g/mol. The summed E-state index contributed by atoms with van der Waals surface area (Å²) < 4.78 is 18.8. The van der Waals surface area contributed by atoms with E-state index in [4.69, 9.17) is 4.74 Å². The van der Waals surface area contributed by atoms with Crippen molar-refractivity contribution in [3.8, 4) is 0 Å². The van der Waals surface area contributed by atoms with Gasteiger partial charge in [-0.3, -0.25) is 9.78 Å². The lowest BCUT2D eigenvalue weighted by molar-refractivity contribution is 0.0723. The molecule has 5 heteroatoms. The Labute approximate surface area is 135 Å². The van der Waals surface area contributed by atoms with Crippen LogP contribution < -0.4 is 0 Å². The molecule has 122 valence electrons. The maximum atomic E-state index is 13.7. The summed E-state index contributed by atoms with van der Waals surface area (Å²) >= 11 is 0. The van der Waals surface area contributed by atoms with Crippen molar-refractivity contribution < 1.29 is 13.9 Å². The van der Waals surface area contributed by atoms with E-state index >= 15 is 0 Å². The molecule has 0 bridgehead atoms. The minimum absolute atomic E-state index is 0.184. The van der Waals surface area contributed by atoms with Crippen molar-refractivity contribution in [2.75, 3.05) is 20.3 Å². The minimum atomic E-state index is -0.364. The molecule has 0 saturated carbocycles. The van der Waals surface area contributed by atoms with Crippen LogP contribution in [0.4, 0.5) is 4.39 Å². The zero-order valence-electron chi connectivity index (χ0n) is 13.5. The maximum Gasteiger partial charge on any atom is 0.254 e. The van der Waals surface area contributed by atoms with E-state index in [1.807, 2.05) is 12.1 Å². The minimum Gasteiger partial charge on any atom is -0.385 e. The number of carbonyl (C=O) groups is 1. The second-order valence-corrected chi connectivity index (χ2v) is 5.39. The highest BCUT2D eigenvalue weighted by molar-refractivity contribution is 5.94. The summed E-state index contributed by atoms with van der Waals surface area (Å²) in [4.78, 5) is 18.4. The van der Waals surface area contributed by atoms with Crippen molar-refractivity contribution in [1.29, 1.82) is 0 Å². The van der Waals surface area contributed by atoms with Crippen LogP contribution in [0.2, 0.25) is 0 Å². The normalized spacial score (nSPS) is 10.6. The Hall–Kier alpha value is -2.27. The van der Waals surface area contributed by atoms with E-state index in [1.54, 1.807) is 43.5 Å². The average Bonchev–Trinajstić information content (AvgIpc) is 2.57. The van der Waals surface area contributed by atoms with Crippen LogP contribution in [-0.2, 0) is 11.3 Å². The molecule has 0 aliphatic heterocycles. The lowest BCUT2D eigenvalue weighted by Gasteiger charge is -2.23. The highest BCUT2D eigenvalue weighted by Crippen LogP contribution is 2.14. The Morgan fingerprint density at radius 2 is 2.00 bits per heavy atom. The van der Waals surface area contributed by atoms with Gasteiger partial charge in [-0.15, -0.1) is 0 Å². The fourth-order valence-electron chi connectivity index (χ4n) is 2.27. The van der Waals surface area contributed by atoms with Crippen LogP contribution in [0.15, 0.2) is 42.7 Å². The van der Waals surface area contributed by atoms with Crippen LogP contribution in [0.25, 0.3) is 0 Å². The summed E-state index contributed by atoms with van der Waals surface area (Å²) in [5, 5.41) is 0. The summed E-state index contributed by atoms with van der Waals surface area (Å²) in [6.07, 6.45) is 4.11. The van der Waals surface area contributed by atoms with Gasteiger partial charge in [0.05, 0.1) is 0 Å². The number of carbonyl (C=O) groups excluding carboxylic acids is 1. The Balaban J connectivity index is 2.17. The molecule has 23 heavy (non-hydrogen) atoms. The molecule has 0 spiro atoms. The summed E-state index contributed by atoms with van der Waals surface area (Å²) in [6.45, 7) is 3.25. The van der Waals surface area contributed by atoms with Crippen molar-refractivity contribution in [3.63, 3.8) is 0 Å². The number of hydrogen-bond donors (Lipinski definition) is 0. The smallest absolute Gasteiger partial charge is 0.254 e. The van der Waals surface area contributed by atoms with Gasteiger partial charge in [-0.2, -0.15) is 0 Å². The van der Waals surface area contributed by atoms with E-state index in [9.17, 15) is 9.18 Å². The molecule has 1 aromatic heterocycles. The molecule has 0 N–H and O–H groups in total. The van der Waals surface area contributed by atoms with E-state index in [0.717, 1.165) is 12.0 Å². The molecule has 0 aliphatic rings. The summed E-state index contributed by atoms with van der Waals surface area (Å²) in [5.74, 6) is -0.548. The average molecular weight is 316 g/mol. The first-order chi connectivity index (χ1) is 11.1. The standard InChI is InChI=1S/C18H21FN2O2/c1-14-4-5-16(12-17(14)19)18(22)21(10-3-11-23-2)13-15-6-8-20-9-7-15/h4-9,12H,3,10-11,13H2,1-2H3. The predicted molar refractivity (Wildman–Crippen MR) is 86.6 cm³/mol. The van der Waals surface area contributed by atoms with Crippen molar-refractivity contribution >= 4 is 5.91 Å². The quantitative estimate of drug-likeness (QED) is 0.737. The van der Waals surface area contributed by atoms with Gasteiger partial charge in [-0.1, -0.05) is 6.07 Å². The fourth-order valence-corrected chi connectivity index (χ4v) is 2.27. The molecule has 0 saturated heterocycles. The summed E-state index contributed by atoms with van der Waals surface area (Å²) in [6, 6.07) is 8.32. The number of rotatable bonds is 7. The lowest BCUT2D eigenvalue weighted by Crippen LogP contribution is -2.32. The van der Waals surface area contributed by atoms with Crippen LogP contribution in [0, 0.1) is 12.7 Å². The number of pyridine rings is 1. The third-order valence-corrected chi connectivity index (χ3v) is 3.61. The Kier molecular flexibility index (Phi) is 6.23. The number of halogens is 1. The molecule has 2 aromatic rings. The van der Waals surface area contributed by atoms with Gasteiger partial charge >= 0.3 is 0 Å². The fraction of sp³-hybridized carbons (Fsp3) is 0.333. The highest BCUT2D eigenvalue weighted by Gasteiger charge is 2.17. The topological polar surface area (TPSA) is 42.4 Å². The molecule has 4 nitrogen and oxygen atoms in total. The van der Waals surface area contributed by atoms with Gasteiger partial charge in [0.2, 0.25) is 0 Å². The van der Waals surface area contributed by atoms with Crippen LogP contribution in [0.1, 0.15) is 27.9 Å². The summed E-state index contributed by atoms with van der Waals surface area (Å²) in [5.41, 5.74) is 1.87. The van der Waals surface area contributed by atoms with Crippen LogP contribution in [0.3, 0.4) is 0 Å². The third kappa shape index (κ3) is 4.86. The highest BCUT2D eigenvalue weighted by atomic mass is 19.1. The SMILES string of the molecule is COCCCN(Cc1ccncc1)C(=O)c1ccc(C)c(F)c1. The van der Waals surface area contributed by atoms with Gasteiger partial charge in [0.1, 0.15) is 5.82 Å². The monoisotopic (exact) mass is 316 g/mol. The maximum absolute atomic E-state index is 13.7. The summed E-state index contributed by atoms with van der Waals surface area (Å²) in [7, 11) is 1.63. The van der Waals surface area contributed by atoms with E-state index in [0.29, 0.717) is 30.8 Å². The van der Waals surface area contributed by atoms with Crippen molar-refractivity contribution in [2.45, 2.75) is 19.9 Å². The van der Waals surface area contributed by atoms with Gasteiger partial charge < -0.3 is 9.64 Å². The molecule has 1 amide bonds. The molecule has 1 aromatic carbocycles. The molecular formula is C18H21FN2O2. The first-order valence-electron chi connectivity index (χ1n) is 7.55. The number of hydrogen-bond acceptors (Lipinski definition) is 3. The number of methoxy groups -OCH3 is 1. The van der Waals surface area contributed by atoms with Crippen molar-refractivity contribution in [1.82, 2.24) is 9.88 Å². The Bertz CT molecular complexity index is 647. The van der Waals surface area contributed by atoms with Crippen LogP contribution >= 0.6 is 0 Å². The van der Waals surface area contributed by atoms with E-state index in [2.05, 4.69) is 4.98 Å². The number of aromatic nitrogens is 1. The number of benzene rings is 1.